The molecule has 0 aliphatic carbocycles. The summed E-state index contributed by atoms with van der Waals surface area (Å²) in [7, 11) is 0. The molecule has 1 aromatic rings. The highest BCUT2D eigenvalue weighted by atomic mass is 32.2. The van der Waals surface area contributed by atoms with Crippen molar-refractivity contribution in [2.45, 2.75) is 50.6 Å². The van der Waals surface area contributed by atoms with E-state index in [0.717, 1.165) is 25.8 Å². The van der Waals surface area contributed by atoms with E-state index in [-0.39, 0.29) is 18.1 Å². The minimum absolute atomic E-state index is 0.0677. The number of carbonyl (C=O) groups excluding carboxylic acids is 1. The Morgan fingerprint density at radius 1 is 1.33 bits per heavy atom. The molecule has 1 aromatic carbocycles. The summed E-state index contributed by atoms with van der Waals surface area (Å²) in [6.07, 6.45) is 5.13. The van der Waals surface area contributed by atoms with Gasteiger partial charge in [0.05, 0.1) is 12.2 Å². The molecule has 3 unspecified atom stereocenters. The molecule has 1 saturated heterocycles. The van der Waals surface area contributed by atoms with Crippen molar-refractivity contribution in [2.24, 2.45) is 0 Å². The Morgan fingerprint density at radius 3 is 2.67 bits per heavy atom. The van der Waals surface area contributed by atoms with Crippen LogP contribution in [0.3, 0.4) is 0 Å². The summed E-state index contributed by atoms with van der Waals surface area (Å²) in [6.45, 7) is 5.22. The van der Waals surface area contributed by atoms with Crippen molar-refractivity contribution >= 4 is 17.7 Å². The van der Waals surface area contributed by atoms with Crippen LogP contribution in [-0.4, -0.2) is 41.1 Å². The summed E-state index contributed by atoms with van der Waals surface area (Å²) >= 11 is 1.86. The number of nitrogens with zero attached hydrogens (tertiary/aromatic N) is 1. The Labute approximate surface area is 132 Å². The highest BCUT2D eigenvalue weighted by molar-refractivity contribution is 7.99. The largest absolute Gasteiger partial charge is 0.326 e. The molecule has 1 heterocycles. The van der Waals surface area contributed by atoms with E-state index in [1.54, 1.807) is 0 Å². The van der Waals surface area contributed by atoms with Gasteiger partial charge in [-0.1, -0.05) is 44.2 Å². The predicted molar refractivity (Wildman–Crippen MR) is 90.5 cm³/mol. The Hall–Kier alpha value is -1.00. The topological polar surface area (TPSA) is 32.3 Å². The van der Waals surface area contributed by atoms with E-state index in [1.165, 1.54) is 5.56 Å². The van der Waals surface area contributed by atoms with Gasteiger partial charge in [0, 0.05) is 11.8 Å². The van der Waals surface area contributed by atoms with Crippen LogP contribution >= 0.6 is 11.8 Å². The number of hydrogen-bond acceptors (Lipinski definition) is 3. The number of carbonyl (C=O) groups is 1. The maximum atomic E-state index is 12.6. The van der Waals surface area contributed by atoms with Gasteiger partial charge in [-0.05, 0) is 31.1 Å². The van der Waals surface area contributed by atoms with Gasteiger partial charge in [0.15, 0.2) is 0 Å². The van der Waals surface area contributed by atoms with Crippen molar-refractivity contribution < 1.29 is 4.79 Å². The monoisotopic (exact) mass is 306 g/mol. The molecular formula is C17H26N2OS. The lowest BCUT2D eigenvalue weighted by atomic mass is 10.1. The zero-order chi connectivity index (χ0) is 15.2. The van der Waals surface area contributed by atoms with E-state index >= 15 is 0 Å². The average molecular weight is 306 g/mol. The molecule has 1 amide bonds. The molecular weight excluding hydrogens is 280 g/mol. The third-order valence-electron chi connectivity index (χ3n) is 4.20. The van der Waals surface area contributed by atoms with Crippen LogP contribution in [0.5, 0.6) is 0 Å². The summed E-state index contributed by atoms with van der Waals surface area (Å²) in [5.74, 6) is 0.263. The van der Waals surface area contributed by atoms with Crippen molar-refractivity contribution in [3.8, 4) is 0 Å². The lowest BCUT2D eigenvalue weighted by molar-refractivity contribution is -0.130. The van der Waals surface area contributed by atoms with Gasteiger partial charge in [0.25, 0.3) is 0 Å². The van der Waals surface area contributed by atoms with E-state index in [2.05, 4.69) is 37.6 Å². The van der Waals surface area contributed by atoms with Crippen LogP contribution < -0.4 is 5.32 Å². The third kappa shape index (κ3) is 4.24. The molecule has 1 N–H and O–H groups in total. The highest BCUT2D eigenvalue weighted by Crippen LogP contribution is 2.19. The zero-order valence-electron chi connectivity index (χ0n) is 13.2. The predicted octanol–water partition coefficient (Wildman–Crippen LogP) is 2.91. The number of thioether (sulfide) groups is 1. The molecule has 1 fully saturated rings. The van der Waals surface area contributed by atoms with E-state index in [4.69, 9.17) is 0 Å². The fourth-order valence-corrected chi connectivity index (χ4v) is 3.13. The molecule has 1 aliphatic rings. The first kappa shape index (κ1) is 16.4. The Morgan fingerprint density at radius 2 is 2.05 bits per heavy atom. The van der Waals surface area contributed by atoms with Crippen LogP contribution in [0.1, 0.15) is 32.3 Å². The molecule has 3 nitrogen and oxygen atoms in total. The van der Waals surface area contributed by atoms with Gasteiger partial charge in [-0.2, -0.15) is 11.8 Å². The number of amides is 1. The first-order chi connectivity index (χ1) is 10.2. The lowest BCUT2D eigenvalue weighted by Crippen LogP contribution is -2.38. The van der Waals surface area contributed by atoms with Gasteiger partial charge in [0.1, 0.15) is 0 Å². The molecule has 0 saturated carbocycles. The second-order valence-corrected chi connectivity index (χ2v) is 6.98. The van der Waals surface area contributed by atoms with Crippen molar-refractivity contribution in [1.82, 2.24) is 10.2 Å². The summed E-state index contributed by atoms with van der Waals surface area (Å²) in [5, 5.41) is 4.10. The van der Waals surface area contributed by atoms with Crippen molar-refractivity contribution in [2.75, 3.05) is 12.8 Å². The normalized spacial score (nSPS) is 23.6. The molecule has 0 bridgehead atoms. The molecule has 21 heavy (non-hydrogen) atoms. The molecule has 0 aromatic heterocycles. The highest BCUT2D eigenvalue weighted by Gasteiger charge is 2.37. The summed E-state index contributed by atoms with van der Waals surface area (Å²) in [4.78, 5) is 14.7. The van der Waals surface area contributed by atoms with Crippen LogP contribution in [-0.2, 0) is 11.2 Å². The number of hydrogen-bond donors (Lipinski definition) is 1. The van der Waals surface area contributed by atoms with Crippen LogP contribution in [0.2, 0.25) is 0 Å². The van der Waals surface area contributed by atoms with Crippen molar-refractivity contribution in [3.05, 3.63) is 35.9 Å². The first-order valence-corrected chi connectivity index (χ1v) is 9.07. The van der Waals surface area contributed by atoms with Crippen molar-refractivity contribution in [3.63, 3.8) is 0 Å². The first-order valence-electron chi connectivity index (χ1n) is 7.79. The molecule has 3 atom stereocenters. The Balaban J connectivity index is 1.98. The molecule has 116 valence electrons. The zero-order valence-corrected chi connectivity index (χ0v) is 14.0. The fourth-order valence-electron chi connectivity index (χ4n) is 2.79. The molecule has 1 aliphatic heterocycles. The van der Waals surface area contributed by atoms with Gasteiger partial charge in [-0.25, -0.2) is 0 Å². The summed E-state index contributed by atoms with van der Waals surface area (Å²) in [6, 6.07) is 10.2. The second-order valence-electron chi connectivity index (χ2n) is 5.70. The maximum Gasteiger partial charge on any atom is 0.241 e. The fraction of sp³-hybridized carbons (Fsp3) is 0.588. The molecule has 0 radical (unpaired) electrons. The quantitative estimate of drug-likeness (QED) is 0.840. The van der Waals surface area contributed by atoms with Crippen LogP contribution in [0.25, 0.3) is 0 Å². The minimum Gasteiger partial charge on any atom is -0.326 e. The minimum atomic E-state index is -0.0677. The van der Waals surface area contributed by atoms with Crippen LogP contribution in [0.15, 0.2) is 30.3 Å². The summed E-state index contributed by atoms with van der Waals surface area (Å²) < 4.78 is 0. The lowest BCUT2D eigenvalue weighted by Gasteiger charge is -2.24. The molecule has 4 heteroatoms. The van der Waals surface area contributed by atoms with Gasteiger partial charge in [-0.3, -0.25) is 10.1 Å². The number of nitrogens with one attached hydrogen (secondary N) is 1. The van der Waals surface area contributed by atoms with Gasteiger partial charge >= 0.3 is 0 Å². The van der Waals surface area contributed by atoms with E-state index < -0.39 is 0 Å². The van der Waals surface area contributed by atoms with Gasteiger partial charge < -0.3 is 4.90 Å². The Kier molecular flexibility index (Phi) is 6.12. The standard InChI is InChI=1S/C17H26N2OS/c1-4-16-18-15(12-14-8-6-5-7-9-14)17(20)19(16)11-10-13(2)21-3/h5-9,13,15-16,18H,4,10-12H2,1-3H3. The van der Waals surface area contributed by atoms with Gasteiger partial charge in [0.2, 0.25) is 5.91 Å². The Bertz CT molecular complexity index is 451. The second kappa shape index (κ2) is 7.85. The smallest absolute Gasteiger partial charge is 0.241 e. The van der Waals surface area contributed by atoms with E-state index in [0.29, 0.717) is 5.25 Å². The average Bonchev–Trinajstić information content (AvgIpc) is 2.81. The van der Waals surface area contributed by atoms with Crippen molar-refractivity contribution in [1.29, 1.82) is 0 Å². The maximum absolute atomic E-state index is 12.6. The van der Waals surface area contributed by atoms with E-state index in [9.17, 15) is 4.79 Å². The molecule has 0 spiro atoms. The number of benzene rings is 1. The third-order valence-corrected chi connectivity index (χ3v) is 5.24. The van der Waals surface area contributed by atoms with Gasteiger partial charge in [-0.15, -0.1) is 0 Å². The number of rotatable bonds is 7. The van der Waals surface area contributed by atoms with Crippen LogP contribution in [0.4, 0.5) is 0 Å². The SMILES string of the molecule is CCC1NC(Cc2ccccc2)C(=O)N1CCC(C)SC. The van der Waals surface area contributed by atoms with E-state index in [1.807, 2.05) is 34.9 Å². The molecule has 2 rings (SSSR count). The van der Waals surface area contributed by atoms with Crippen LogP contribution in [0, 0.1) is 0 Å². The summed E-state index contributed by atoms with van der Waals surface area (Å²) in [5.41, 5.74) is 1.22.